The average Bonchev–Trinajstić information content (AvgIpc) is 3.16. The van der Waals surface area contributed by atoms with Crippen LogP contribution < -0.4 is 10.9 Å². The van der Waals surface area contributed by atoms with Crippen molar-refractivity contribution in [2.24, 2.45) is 0 Å². The molecule has 0 saturated heterocycles. The number of anilines is 1. The summed E-state index contributed by atoms with van der Waals surface area (Å²) < 4.78 is 7.33. The summed E-state index contributed by atoms with van der Waals surface area (Å²) in [6, 6.07) is 17.8. The van der Waals surface area contributed by atoms with Crippen molar-refractivity contribution < 1.29 is 4.74 Å². The third kappa shape index (κ3) is 4.35. The summed E-state index contributed by atoms with van der Waals surface area (Å²) in [4.78, 5) is 19.8. The van der Waals surface area contributed by atoms with Gasteiger partial charge in [-0.3, -0.25) is 9.78 Å². The molecule has 29 heavy (non-hydrogen) atoms. The van der Waals surface area contributed by atoms with Crippen molar-refractivity contribution in [3.8, 4) is 5.69 Å². The second-order valence-electron chi connectivity index (χ2n) is 7.08. The Balaban J connectivity index is 1.56. The van der Waals surface area contributed by atoms with Gasteiger partial charge in [-0.2, -0.15) is 10.1 Å². The quantitative estimate of drug-likeness (QED) is 0.504. The van der Waals surface area contributed by atoms with Crippen LogP contribution in [0.3, 0.4) is 0 Å². The number of rotatable bonds is 7. The van der Waals surface area contributed by atoms with Crippen molar-refractivity contribution in [3.63, 3.8) is 0 Å². The largest absolute Gasteiger partial charge is 0.374 e. The van der Waals surface area contributed by atoms with E-state index in [-0.39, 0.29) is 11.7 Å². The molecular weight excluding hydrogens is 366 g/mol. The third-order valence-corrected chi connectivity index (χ3v) is 4.47. The zero-order valence-electron chi connectivity index (χ0n) is 16.4. The molecule has 2 aromatic carbocycles. The van der Waals surface area contributed by atoms with E-state index in [1.54, 1.807) is 4.68 Å². The van der Waals surface area contributed by atoms with Crippen LogP contribution in [0.5, 0.6) is 0 Å². The third-order valence-electron chi connectivity index (χ3n) is 4.47. The predicted molar refractivity (Wildman–Crippen MR) is 113 cm³/mol. The smallest absolute Gasteiger partial charge is 0.263 e. The molecule has 0 aliphatic rings. The lowest BCUT2D eigenvalue weighted by Crippen LogP contribution is -2.13. The molecule has 0 saturated carbocycles. The SMILES string of the molecule is CC(C)OCc1cccc(CNc2nc3c(cnn3-c3ccccc3)c(=O)[nH]2)c1. The zero-order chi connectivity index (χ0) is 20.2. The molecule has 4 aromatic rings. The second kappa shape index (κ2) is 8.28. The summed E-state index contributed by atoms with van der Waals surface area (Å²) in [5.41, 5.74) is 3.33. The number of para-hydroxylation sites is 1. The van der Waals surface area contributed by atoms with Crippen molar-refractivity contribution in [2.75, 3.05) is 5.32 Å². The molecule has 0 radical (unpaired) electrons. The van der Waals surface area contributed by atoms with Crippen molar-refractivity contribution in [1.82, 2.24) is 19.7 Å². The van der Waals surface area contributed by atoms with Crippen LogP contribution in [0, 0.1) is 0 Å². The van der Waals surface area contributed by atoms with Gasteiger partial charge >= 0.3 is 0 Å². The minimum Gasteiger partial charge on any atom is -0.374 e. The lowest BCUT2D eigenvalue weighted by Gasteiger charge is -2.10. The number of H-pyrrole nitrogens is 1. The molecule has 4 rings (SSSR count). The Bertz CT molecular complexity index is 1160. The van der Waals surface area contributed by atoms with Gasteiger partial charge in [0.15, 0.2) is 5.65 Å². The Kier molecular flexibility index (Phi) is 5.39. The molecule has 2 heterocycles. The van der Waals surface area contributed by atoms with Gasteiger partial charge < -0.3 is 10.1 Å². The van der Waals surface area contributed by atoms with E-state index < -0.39 is 0 Å². The highest BCUT2D eigenvalue weighted by atomic mass is 16.5. The fourth-order valence-electron chi connectivity index (χ4n) is 3.04. The Labute approximate surface area is 168 Å². The number of hydrogen-bond acceptors (Lipinski definition) is 5. The highest BCUT2D eigenvalue weighted by molar-refractivity contribution is 5.76. The number of benzene rings is 2. The van der Waals surface area contributed by atoms with Crippen LogP contribution in [0.1, 0.15) is 25.0 Å². The van der Waals surface area contributed by atoms with Crippen LogP contribution in [0.25, 0.3) is 16.7 Å². The molecule has 2 aromatic heterocycles. The van der Waals surface area contributed by atoms with Gasteiger partial charge in [0.05, 0.1) is 24.6 Å². The molecule has 2 N–H and O–H groups in total. The lowest BCUT2D eigenvalue weighted by atomic mass is 10.1. The van der Waals surface area contributed by atoms with Crippen LogP contribution >= 0.6 is 0 Å². The molecule has 0 bridgehead atoms. The number of ether oxygens (including phenoxy) is 1. The van der Waals surface area contributed by atoms with Crippen molar-refractivity contribution in [3.05, 3.63) is 82.3 Å². The molecule has 148 valence electrons. The molecule has 0 atom stereocenters. The zero-order valence-corrected chi connectivity index (χ0v) is 16.4. The Morgan fingerprint density at radius 1 is 1.10 bits per heavy atom. The highest BCUT2D eigenvalue weighted by Gasteiger charge is 2.11. The molecule has 0 amide bonds. The summed E-state index contributed by atoms with van der Waals surface area (Å²) in [6.45, 7) is 5.14. The minimum absolute atomic E-state index is 0.187. The first-order valence-corrected chi connectivity index (χ1v) is 9.57. The fourth-order valence-corrected chi connectivity index (χ4v) is 3.04. The van der Waals surface area contributed by atoms with Gasteiger partial charge in [0.25, 0.3) is 5.56 Å². The minimum atomic E-state index is -0.223. The molecule has 7 heteroatoms. The summed E-state index contributed by atoms with van der Waals surface area (Å²) in [7, 11) is 0. The van der Waals surface area contributed by atoms with Crippen molar-refractivity contribution in [2.45, 2.75) is 33.1 Å². The van der Waals surface area contributed by atoms with Crippen molar-refractivity contribution in [1.29, 1.82) is 0 Å². The van der Waals surface area contributed by atoms with Crippen LogP contribution in [0.15, 0.2) is 65.6 Å². The van der Waals surface area contributed by atoms with E-state index in [1.165, 1.54) is 6.20 Å². The summed E-state index contributed by atoms with van der Waals surface area (Å²) >= 11 is 0. The Hall–Kier alpha value is -3.45. The molecule has 0 aliphatic carbocycles. The maximum absolute atomic E-state index is 12.5. The maximum atomic E-state index is 12.5. The van der Waals surface area contributed by atoms with Gasteiger partial charge in [-0.25, -0.2) is 4.68 Å². The normalized spacial score (nSPS) is 11.3. The summed E-state index contributed by atoms with van der Waals surface area (Å²) in [6.07, 6.45) is 1.73. The van der Waals surface area contributed by atoms with Crippen LogP contribution in [0.2, 0.25) is 0 Å². The number of nitrogens with zero attached hydrogens (tertiary/aromatic N) is 3. The van der Waals surface area contributed by atoms with Gasteiger partial charge in [-0.05, 0) is 37.1 Å². The number of hydrogen-bond donors (Lipinski definition) is 2. The van der Waals surface area contributed by atoms with E-state index in [9.17, 15) is 4.79 Å². The standard InChI is InChI=1S/C22H23N5O2/c1-15(2)29-14-17-8-6-7-16(11-17)12-23-22-25-20-19(21(28)26-22)13-24-27(20)18-9-4-3-5-10-18/h3-11,13,15H,12,14H2,1-2H3,(H2,23,25,26,28). The van der Waals surface area contributed by atoms with E-state index >= 15 is 0 Å². The van der Waals surface area contributed by atoms with Gasteiger partial charge in [0.1, 0.15) is 5.39 Å². The fraction of sp³-hybridized carbons (Fsp3) is 0.227. The first kappa shape index (κ1) is 18.9. The van der Waals surface area contributed by atoms with E-state index in [4.69, 9.17) is 4.74 Å². The van der Waals surface area contributed by atoms with Gasteiger partial charge in [-0.1, -0.05) is 42.5 Å². The van der Waals surface area contributed by atoms with E-state index in [2.05, 4.69) is 26.4 Å². The average molecular weight is 389 g/mol. The summed E-state index contributed by atoms with van der Waals surface area (Å²) in [5.74, 6) is 0.406. The molecule has 0 aliphatic heterocycles. The Morgan fingerprint density at radius 3 is 2.69 bits per heavy atom. The van der Waals surface area contributed by atoms with Gasteiger partial charge in [-0.15, -0.1) is 0 Å². The molecule has 0 fully saturated rings. The van der Waals surface area contributed by atoms with Crippen LogP contribution in [-0.2, 0) is 17.9 Å². The monoisotopic (exact) mass is 389 g/mol. The number of fused-ring (bicyclic) bond motifs is 1. The molecular formula is C22H23N5O2. The topological polar surface area (TPSA) is 84.8 Å². The number of nitrogens with one attached hydrogen (secondary N) is 2. The van der Waals surface area contributed by atoms with E-state index in [0.29, 0.717) is 30.1 Å². The summed E-state index contributed by atoms with van der Waals surface area (Å²) in [5, 5.41) is 7.98. The predicted octanol–water partition coefficient (Wildman–Crippen LogP) is 3.65. The first-order chi connectivity index (χ1) is 14.1. The second-order valence-corrected chi connectivity index (χ2v) is 7.08. The van der Waals surface area contributed by atoms with Crippen LogP contribution in [-0.4, -0.2) is 25.9 Å². The maximum Gasteiger partial charge on any atom is 0.263 e. The highest BCUT2D eigenvalue weighted by Crippen LogP contribution is 2.15. The molecule has 0 spiro atoms. The van der Waals surface area contributed by atoms with Crippen LogP contribution in [0.4, 0.5) is 5.95 Å². The molecule has 7 nitrogen and oxygen atoms in total. The Morgan fingerprint density at radius 2 is 1.90 bits per heavy atom. The number of aromatic nitrogens is 4. The number of aromatic amines is 1. The van der Waals surface area contributed by atoms with E-state index in [0.717, 1.165) is 16.8 Å². The van der Waals surface area contributed by atoms with Gasteiger partial charge in [0.2, 0.25) is 5.95 Å². The first-order valence-electron chi connectivity index (χ1n) is 9.57. The van der Waals surface area contributed by atoms with Crippen molar-refractivity contribution >= 4 is 17.0 Å². The lowest BCUT2D eigenvalue weighted by molar-refractivity contribution is 0.0657. The van der Waals surface area contributed by atoms with E-state index in [1.807, 2.05) is 62.4 Å². The van der Waals surface area contributed by atoms with Gasteiger partial charge in [0, 0.05) is 6.54 Å². The molecule has 0 unspecified atom stereocenters.